The van der Waals surface area contributed by atoms with Crippen molar-refractivity contribution >= 4 is 29.4 Å². The molecule has 0 aliphatic heterocycles. The summed E-state index contributed by atoms with van der Waals surface area (Å²) in [6, 6.07) is 20.4. The van der Waals surface area contributed by atoms with E-state index in [4.69, 9.17) is 21.3 Å². The predicted molar refractivity (Wildman–Crippen MR) is 160 cm³/mol. The van der Waals surface area contributed by atoms with Gasteiger partial charge in [0, 0.05) is 41.1 Å². The Labute approximate surface area is 240 Å². The maximum Gasteiger partial charge on any atom is 0.254 e. The van der Waals surface area contributed by atoms with E-state index in [9.17, 15) is 9.59 Å². The third-order valence-electron chi connectivity index (χ3n) is 6.62. The molecule has 1 heterocycles. The molecule has 2 amide bonds. The minimum absolute atomic E-state index is 0.139. The van der Waals surface area contributed by atoms with Crippen LogP contribution in [0.2, 0.25) is 5.02 Å². The lowest BCUT2D eigenvalue weighted by Gasteiger charge is -2.24. The van der Waals surface area contributed by atoms with Crippen molar-refractivity contribution < 1.29 is 14.3 Å². The zero-order valence-corrected chi connectivity index (χ0v) is 24.2. The van der Waals surface area contributed by atoms with Crippen molar-refractivity contribution in [2.75, 3.05) is 46.2 Å². The Morgan fingerprint density at radius 2 is 1.73 bits per heavy atom. The second-order valence-corrected chi connectivity index (χ2v) is 10.3. The maximum absolute atomic E-state index is 13.4. The number of nitrogens with one attached hydrogen (secondary N) is 1. The molecule has 0 saturated carbocycles. The Morgan fingerprint density at radius 3 is 2.40 bits per heavy atom. The highest BCUT2D eigenvalue weighted by Crippen LogP contribution is 2.26. The average molecular weight is 560 g/mol. The number of imidazole rings is 1. The van der Waals surface area contributed by atoms with Crippen LogP contribution in [-0.2, 0) is 4.79 Å². The van der Waals surface area contributed by atoms with Gasteiger partial charge in [0.1, 0.15) is 12.3 Å². The van der Waals surface area contributed by atoms with Gasteiger partial charge in [0.05, 0.1) is 12.8 Å². The number of anilines is 1. The summed E-state index contributed by atoms with van der Waals surface area (Å²) in [6.45, 7) is 4.93. The number of benzene rings is 3. The van der Waals surface area contributed by atoms with E-state index in [-0.39, 0.29) is 18.4 Å². The minimum atomic E-state index is -0.353. The predicted octanol–water partition coefficient (Wildman–Crippen LogP) is 5.46. The van der Waals surface area contributed by atoms with Crippen molar-refractivity contribution in [3.05, 3.63) is 94.6 Å². The first-order valence-electron chi connectivity index (χ1n) is 13.0. The number of amides is 2. The molecule has 3 aromatic carbocycles. The van der Waals surface area contributed by atoms with Crippen molar-refractivity contribution in [3.8, 4) is 22.7 Å². The Bertz CT molecular complexity index is 1500. The number of aryl methyl sites for hydroxylation is 2. The molecule has 208 valence electrons. The second kappa shape index (κ2) is 12.8. The van der Waals surface area contributed by atoms with Gasteiger partial charge in [0.25, 0.3) is 5.91 Å². The number of hydrogen-bond donors (Lipinski definition) is 1. The van der Waals surface area contributed by atoms with Gasteiger partial charge in [-0.2, -0.15) is 0 Å². The molecule has 8 nitrogen and oxygen atoms in total. The number of nitrogens with zero attached hydrogens (tertiary/aromatic N) is 4. The first-order valence-corrected chi connectivity index (χ1v) is 13.3. The monoisotopic (exact) mass is 559 g/mol. The molecule has 0 aliphatic rings. The molecule has 0 radical (unpaired) electrons. The number of rotatable bonds is 10. The van der Waals surface area contributed by atoms with E-state index in [0.29, 0.717) is 41.1 Å². The zero-order valence-electron chi connectivity index (χ0n) is 23.4. The molecule has 0 bridgehead atoms. The highest BCUT2D eigenvalue weighted by Gasteiger charge is 2.21. The number of carbonyl (C=O) groups is 2. The molecule has 0 spiro atoms. The number of aromatic nitrogens is 2. The van der Waals surface area contributed by atoms with E-state index in [0.717, 1.165) is 16.8 Å². The van der Waals surface area contributed by atoms with E-state index in [1.54, 1.807) is 43.5 Å². The molecule has 0 saturated heterocycles. The van der Waals surface area contributed by atoms with Crippen molar-refractivity contribution in [3.63, 3.8) is 0 Å². The summed E-state index contributed by atoms with van der Waals surface area (Å²) < 4.78 is 7.13. The lowest BCUT2D eigenvalue weighted by atomic mass is 10.1. The van der Waals surface area contributed by atoms with Crippen LogP contribution in [0.5, 0.6) is 5.75 Å². The van der Waals surface area contributed by atoms with Gasteiger partial charge in [-0.05, 0) is 81.5 Å². The molecule has 1 N–H and O–H groups in total. The van der Waals surface area contributed by atoms with Gasteiger partial charge in [0.15, 0.2) is 0 Å². The summed E-state index contributed by atoms with van der Waals surface area (Å²) in [5, 5.41) is 3.58. The van der Waals surface area contributed by atoms with Gasteiger partial charge in [0.2, 0.25) is 11.9 Å². The fraction of sp³-hybridized carbons (Fsp3) is 0.258. The van der Waals surface area contributed by atoms with Crippen LogP contribution in [0.3, 0.4) is 0 Å². The number of ether oxygens (including phenoxy) is 1. The third kappa shape index (κ3) is 7.08. The van der Waals surface area contributed by atoms with Gasteiger partial charge in [-0.25, -0.2) is 4.98 Å². The van der Waals surface area contributed by atoms with Crippen molar-refractivity contribution in [1.29, 1.82) is 0 Å². The lowest BCUT2D eigenvalue weighted by molar-refractivity contribution is -0.117. The minimum Gasteiger partial charge on any atom is -0.497 e. The summed E-state index contributed by atoms with van der Waals surface area (Å²) in [5.41, 5.74) is 5.15. The first-order chi connectivity index (χ1) is 19.1. The van der Waals surface area contributed by atoms with Crippen LogP contribution >= 0.6 is 11.6 Å². The van der Waals surface area contributed by atoms with Crippen molar-refractivity contribution in [2.24, 2.45) is 0 Å². The molecule has 40 heavy (non-hydrogen) atoms. The van der Waals surface area contributed by atoms with Gasteiger partial charge in [-0.1, -0.05) is 35.9 Å². The van der Waals surface area contributed by atoms with Crippen LogP contribution in [-0.4, -0.2) is 72.0 Å². The van der Waals surface area contributed by atoms with E-state index < -0.39 is 0 Å². The third-order valence-corrected chi connectivity index (χ3v) is 6.87. The van der Waals surface area contributed by atoms with Gasteiger partial charge < -0.3 is 14.5 Å². The molecule has 0 unspecified atom stereocenters. The lowest BCUT2D eigenvalue weighted by Crippen LogP contribution is -2.41. The number of methoxy groups -OCH3 is 1. The summed E-state index contributed by atoms with van der Waals surface area (Å²) in [5.74, 6) is 0.330. The average Bonchev–Trinajstić information content (AvgIpc) is 3.35. The fourth-order valence-electron chi connectivity index (χ4n) is 4.15. The van der Waals surface area contributed by atoms with E-state index in [2.05, 4.69) is 12.2 Å². The molecule has 0 aliphatic carbocycles. The van der Waals surface area contributed by atoms with Crippen molar-refractivity contribution in [2.45, 2.75) is 13.8 Å². The molecule has 4 aromatic rings. The second-order valence-electron chi connectivity index (χ2n) is 9.91. The molecule has 9 heteroatoms. The SMILES string of the molecule is COc1cccc(C(=O)N(CCN(C)C)CC(=O)Nc2nc(-c3ccc(Cl)cc3)cn2-c2ccc(C)c(C)c2)c1. The van der Waals surface area contributed by atoms with E-state index in [1.165, 1.54) is 10.5 Å². The number of carbonyl (C=O) groups excluding carboxylic acids is 2. The van der Waals surface area contributed by atoms with Crippen LogP contribution in [0.25, 0.3) is 16.9 Å². The van der Waals surface area contributed by atoms with Crippen LogP contribution in [0.15, 0.2) is 72.9 Å². The zero-order chi connectivity index (χ0) is 28.8. The fourth-order valence-corrected chi connectivity index (χ4v) is 4.28. The smallest absolute Gasteiger partial charge is 0.254 e. The Hall–Kier alpha value is -4.14. The van der Waals surface area contributed by atoms with Crippen LogP contribution in [0.1, 0.15) is 21.5 Å². The number of halogens is 1. The van der Waals surface area contributed by atoms with E-state index >= 15 is 0 Å². The summed E-state index contributed by atoms with van der Waals surface area (Å²) in [4.78, 5) is 35.1. The topological polar surface area (TPSA) is 79.7 Å². The Morgan fingerprint density at radius 1 is 0.975 bits per heavy atom. The quantitative estimate of drug-likeness (QED) is 0.279. The number of hydrogen-bond acceptors (Lipinski definition) is 5. The summed E-state index contributed by atoms with van der Waals surface area (Å²) in [6.07, 6.45) is 1.88. The Balaban J connectivity index is 1.63. The molecule has 0 fully saturated rings. The molecule has 1 aromatic heterocycles. The van der Waals surface area contributed by atoms with Crippen LogP contribution in [0.4, 0.5) is 5.95 Å². The van der Waals surface area contributed by atoms with E-state index in [1.807, 2.05) is 67.0 Å². The molecule has 0 atom stereocenters. The normalized spacial score (nSPS) is 11.0. The first kappa shape index (κ1) is 28.9. The summed E-state index contributed by atoms with van der Waals surface area (Å²) in [7, 11) is 5.40. The largest absolute Gasteiger partial charge is 0.497 e. The van der Waals surface area contributed by atoms with Gasteiger partial charge in [-0.3, -0.25) is 19.5 Å². The molecular formula is C31H34ClN5O3. The summed E-state index contributed by atoms with van der Waals surface area (Å²) >= 11 is 6.09. The molecular weight excluding hydrogens is 526 g/mol. The van der Waals surface area contributed by atoms with Gasteiger partial charge >= 0.3 is 0 Å². The number of likely N-dealkylation sites (N-methyl/N-ethyl adjacent to an activating group) is 1. The molecule has 4 rings (SSSR count). The Kier molecular flexibility index (Phi) is 9.24. The highest BCUT2D eigenvalue weighted by molar-refractivity contribution is 6.30. The van der Waals surface area contributed by atoms with Crippen LogP contribution < -0.4 is 10.1 Å². The maximum atomic E-state index is 13.4. The highest BCUT2D eigenvalue weighted by atomic mass is 35.5. The van der Waals surface area contributed by atoms with Gasteiger partial charge in [-0.15, -0.1) is 0 Å². The standard InChI is InChI=1S/C31H34ClN5O3/c1-21-9-14-26(17-22(21)2)37-19-28(23-10-12-25(32)13-11-23)33-31(37)34-29(38)20-36(16-15-35(3)4)30(39)24-7-6-8-27(18-24)40-5/h6-14,17-19H,15-16,20H2,1-5H3,(H,33,34,38). The van der Waals surface area contributed by atoms with Crippen LogP contribution in [0, 0.1) is 13.8 Å². The van der Waals surface area contributed by atoms with Crippen molar-refractivity contribution in [1.82, 2.24) is 19.4 Å².